The third-order valence-corrected chi connectivity index (χ3v) is 4.45. The number of thiophene rings is 1. The van der Waals surface area contributed by atoms with E-state index in [1.807, 2.05) is 0 Å². The van der Waals surface area contributed by atoms with E-state index in [9.17, 15) is 4.79 Å². The van der Waals surface area contributed by atoms with Crippen LogP contribution in [-0.2, 0) is 0 Å². The Morgan fingerprint density at radius 3 is 2.68 bits per heavy atom. The first-order chi connectivity index (χ1) is 9.00. The average molecular weight is 282 g/mol. The Balaban J connectivity index is 2.06. The predicted octanol–water partition coefficient (Wildman–Crippen LogP) is 1.67. The van der Waals surface area contributed by atoms with Gasteiger partial charge in [-0.05, 0) is 45.8 Å². The molecule has 0 atom stereocenters. The van der Waals surface area contributed by atoms with Crippen molar-refractivity contribution in [3.63, 3.8) is 0 Å². The van der Waals surface area contributed by atoms with Crippen LogP contribution in [-0.4, -0.2) is 38.0 Å². The average Bonchev–Trinajstić information content (AvgIpc) is 3.09. The number of nitrogens with one attached hydrogen (secondary N) is 1. The molecule has 19 heavy (non-hydrogen) atoms. The number of amides is 1. The first-order valence-electron chi connectivity index (χ1n) is 6.61. The van der Waals surface area contributed by atoms with Crippen molar-refractivity contribution in [2.24, 2.45) is 5.73 Å². The SMILES string of the molecule is CN(C)CCCNc1sc(C(N)=O)c(N)c1C1CC1. The van der Waals surface area contributed by atoms with Gasteiger partial charge >= 0.3 is 0 Å². The molecule has 0 aromatic carbocycles. The van der Waals surface area contributed by atoms with E-state index in [0.717, 1.165) is 42.9 Å². The van der Waals surface area contributed by atoms with Crippen molar-refractivity contribution < 1.29 is 4.79 Å². The fourth-order valence-corrected chi connectivity index (χ4v) is 3.23. The zero-order chi connectivity index (χ0) is 14.0. The molecule has 6 heteroatoms. The number of hydrogen-bond acceptors (Lipinski definition) is 5. The van der Waals surface area contributed by atoms with E-state index in [1.165, 1.54) is 11.3 Å². The van der Waals surface area contributed by atoms with Gasteiger partial charge in [-0.2, -0.15) is 0 Å². The van der Waals surface area contributed by atoms with Gasteiger partial charge in [0.15, 0.2) is 0 Å². The molecule has 1 fully saturated rings. The third kappa shape index (κ3) is 3.39. The fraction of sp³-hybridized carbons (Fsp3) is 0.615. The van der Waals surface area contributed by atoms with E-state index >= 15 is 0 Å². The van der Waals surface area contributed by atoms with Crippen LogP contribution in [0.4, 0.5) is 10.7 Å². The molecule has 1 aliphatic rings. The van der Waals surface area contributed by atoms with Crippen molar-refractivity contribution in [3.05, 3.63) is 10.4 Å². The monoisotopic (exact) mass is 282 g/mol. The summed E-state index contributed by atoms with van der Waals surface area (Å²) in [5, 5.41) is 4.44. The highest BCUT2D eigenvalue weighted by Gasteiger charge is 2.32. The van der Waals surface area contributed by atoms with E-state index < -0.39 is 5.91 Å². The number of hydrogen-bond donors (Lipinski definition) is 3. The van der Waals surface area contributed by atoms with E-state index in [4.69, 9.17) is 11.5 Å². The standard InChI is InChI=1S/C13H22N4OS/c1-17(2)7-3-6-16-13-9(8-4-5-8)10(14)11(19-13)12(15)18/h8,16H,3-7,14H2,1-2H3,(H2,15,18). The summed E-state index contributed by atoms with van der Waals surface area (Å²) in [6.07, 6.45) is 3.37. The van der Waals surface area contributed by atoms with Crippen molar-refractivity contribution in [3.8, 4) is 0 Å². The molecule has 5 nitrogen and oxygen atoms in total. The Labute approximate surface area is 118 Å². The Hall–Kier alpha value is -1.27. The molecule has 1 amide bonds. The minimum absolute atomic E-state index is 0.425. The highest BCUT2D eigenvalue weighted by molar-refractivity contribution is 7.18. The van der Waals surface area contributed by atoms with Crippen molar-refractivity contribution in [1.29, 1.82) is 0 Å². The summed E-state index contributed by atoms with van der Waals surface area (Å²) in [5.41, 5.74) is 13.1. The highest BCUT2D eigenvalue weighted by atomic mass is 32.1. The number of carbonyl (C=O) groups excluding carboxylic acids is 1. The maximum Gasteiger partial charge on any atom is 0.260 e. The van der Waals surface area contributed by atoms with Crippen molar-refractivity contribution in [1.82, 2.24) is 4.90 Å². The van der Waals surface area contributed by atoms with Crippen LogP contribution in [0.2, 0.25) is 0 Å². The fourth-order valence-electron chi connectivity index (χ4n) is 2.15. The van der Waals surface area contributed by atoms with Gasteiger partial charge in [-0.1, -0.05) is 0 Å². The molecule has 106 valence electrons. The highest BCUT2D eigenvalue weighted by Crippen LogP contribution is 2.50. The van der Waals surface area contributed by atoms with Gasteiger partial charge in [0.1, 0.15) is 4.88 Å². The Morgan fingerprint density at radius 2 is 2.16 bits per heavy atom. The second kappa shape index (κ2) is 5.79. The van der Waals surface area contributed by atoms with Crippen LogP contribution in [0.25, 0.3) is 0 Å². The summed E-state index contributed by atoms with van der Waals surface area (Å²) in [7, 11) is 4.12. The molecule has 1 saturated carbocycles. The number of rotatable bonds is 7. The van der Waals surface area contributed by atoms with Gasteiger partial charge in [-0.25, -0.2) is 0 Å². The first-order valence-corrected chi connectivity index (χ1v) is 7.43. The maximum absolute atomic E-state index is 11.4. The van der Waals surface area contributed by atoms with E-state index in [-0.39, 0.29) is 0 Å². The molecule has 1 aromatic rings. The first kappa shape index (κ1) is 14.1. The van der Waals surface area contributed by atoms with E-state index in [0.29, 0.717) is 16.5 Å². The van der Waals surface area contributed by atoms with Gasteiger partial charge < -0.3 is 21.7 Å². The number of nitrogens with two attached hydrogens (primary N) is 2. The predicted molar refractivity (Wildman–Crippen MR) is 80.9 cm³/mol. The Morgan fingerprint density at radius 1 is 1.47 bits per heavy atom. The Bertz CT molecular complexity index is 465. The number of nitrogens with zero attached hydrogens (tertiary/aromatic N) is 1. The zero-order valence-electron chi connectivity index (χ0n) is 11.5. The lowest BCUT2D eigenvalue weighted by atomic mass is 10.1. The summed E-state index contributed by atoms with van der Waals surface area (Å²) in [4.78, 5) is 14.0. The molecular weight excluding hydrogens is 260 g/mol. The smallest absolute Gasteiger partial charge is 0.260 e. The molecule has 1 aromatic heterocycles. The molecule has 0 saturated heterocycles. The van der Waals surface area contributed by atoms with E-state index in [2.05, 4.69) is 24.3 Å². The molecule has 0 radical (unpaired) electrons. The van der Waals surface area contributed by atoms with Crippen LogP contribution in [0.5, 0.6) is 0 Å². The van der Waals surface area contributed by atoms with Crippen LogP contribution < -0.4 is 16.8 Å². The number of primary amides is 1. The molecule has 2 rings (SSSR count). The number of nitrogen functional groups attached to an aromatic ring is 1. The largest absolute Gasteiger partial charge is 0.397 e. The quantitative estimate of drug-likeness (QED) is 0.664. The molecule has 0 spiro atoms. The maximum atomic E-state index is 11.4. The summed E-state index contributed by atoms with van der Waals surface area (Å²) in [6, 6.07) is 0. The minimum Gasteiger partial charge on any atom is -0.397 e. The van der Waals surface area contributed by atoms with Gasteiger partial charge in [-0.15, -0.1) is 11.3 Å². The molecule has 1 heterocycles. The molecule has 0 bridgehead atoms. The number of carbonyl (C=O) groups is 1. The lowest BCUT2D eigenvalue weighted by molar-refractivity contribution is 0.100. The van der Waals surface area contributed by atoms with Gasteiger partial charge in [-0.3, -0.25) is 4.79 Å². The summed E-state index contributed by atoms with van der Waals surface area (Å²) in [5.74, 6) is 0.0893. The van der Waals surface area contributed by atoms with E-state index in [1.54, 1.807) is 0 Å². The van der Waals surface area contributed by atoms with Crippen LogP contribution in [0, 0.1) is 0 Å². The van der Waals surface area contributed by atoms with Crippen LogP contribution in [0.1, 0.15) is 40.4 Å². The second-order valence-electron chi connectivity index (χ2n) is 5.31. The van der Waals surface area contributed by atoms with Gasteiger partial charge in [0.2, 0.25) is 0 Å². The van der Waals surface area contributed by atoms with Crippen LogP contribution in [0.15, 0.2) is 0 Å². The minimum atomic E-state index is -0.425. The topological polar surface area (TPSA) is 84.4 Å². The Kier molecular flexibility index (Phi) is 4.31. The normalized spacial score (nSPS) is 14.9. The van der Waals surface area contributed by atoms with Gasteiger partial charge in [0.05, 0.1) is 10.7 Å². The summed E-state index contributed by atoms with van der Waals surface area (Å²) >= 11 is 1.40. The molecule has 1 aliphatic carbocycles. The van der Waals surface area contributed by atoms with Crippen molar-refractivity contribution >= 4 is 27.9 Å². The molecule has 0 aliphatic heterocycles. The second-order valence-corrected chi connectivity index (χ2v) is 6.33. The molecule has 5 N–H and O–H groups in total. The summed E-state index contributed by atoms with van der Waals surface area (Å²) < 4.78 is 0. The van der Waals surface area contributed by atoms with Gasteiger partial charge in [0, 0.05) is 12.1 Å². The van der Waals surface area contributed by atoms with Gasteiger partial charge in [0.25, 0.3) is 5.91 Å². The zero-order valence-corrected chi connectivity index (χ0v) is 12.3. The number of anilines is 2. The van der Waals surface area contributed by atoms with Crippen molar-refractivity contribution in [2.45, 2.75) is 25.2 Å². The summed E-state index contributed by atoms with van der Waals surface area (Å²) in [6.45, 7) is 1.92. The molecular formula is C13H22N4OS. The lowest BCUT2D eigenvalue weighted by Gasteiger charge is -2.10. The lowest BCUT2D eigenvalue weighted by Crippen LogP contribution is -2.16. The van der Waals surface area contributed by atoms with Crippen LogP contribution >= 0.6 is 11.3 Å². The molecule has 0 unspecified atom stereocenters. The van der Waals surface area contributed by atoms with Crippen LogP contribution in [0.3, 0.4) is 0 Å². The van der Waals surface area contributed by atoms with Crippen molar-refractivity contribution in [2.75, 3.05) is 38.2 Å². The third-order valence-electron chi connectivity index (χ3n) is 3.26.